The Labute approximate surface area is 143 Å². The largest absolute Gasteiger partial charge is 0.497 e. The van der Waals surface area contributed by atoms with Crippen LogP contribution in [0.3, 0.4) is 0 Å². The first-order chi connectivity index (χ1) is 11.7. The highest BCUT2D eigenvalue weighted by atomic mass is 16.5. The number of nitrogens with one attached hydrogen (secondary N) is 2. The van der Waals surface area contributed by atoms with Crippen molar-refractivity contribution in [1.29, 1.82) is 0 Å². The van der Waals surface area contributed by atoms with E-state index in [4.69, 9.17) is 4.74 Å². The van der Waals surface area contributed by atoms with Crippen molar-refractivity contribution < 1.29 is 9.53 Å². The van der Waals surface area contributed by atoms with E-state index < -0.39 is 0 Å². The Kier molecular flexibility index (Phi) is 5.04. The van der Waals surface area contributed by atoms with Gasteiger partial charge in [-0.05, 0) is 55.0 Å². The Morgan fingerprint density at radius 1 is 1.17 bits per heavy atom. The van der Waals surface area contributed by atoms with Gasteiger partial charge in [0.1, 0.15) is 5.75 Å². The zero-order chi connectivity index (χ0) is 16.9. The van der Waals surface area contributed by atoms with Gasteiger partial charge in [-0.3, -0.25) is 4.79 Å². The van der Waals surface area contributed by atoms with Crippen molar-refractivity contribution in [1.82, 2.24) is 5.32 Å². The Bertz CT molecular complexity index is 693. The number of aryl methyl sites for hydroxylation is 1. The molecular weight excluding hydrogens is 300 g/mol. The van der Waals surface area contributed by atoms with E-state index in [9.17, 15) is 4.79 Å². The number of methoxy groups -OCH3 is 1. The first-order valence-corrected chi connectivity index (χ1v) is 8.40. The van der Waals surface area contributed by atoms with E-state index in [-0.39, 0.29) is 18.5 Å². The maximum atomic E-state index is 12.4. The van der Waals surface area contributed by atoms with E-state index in [1.807, 2.05) is 55.5 Å². The molecule has 2 aromatic carbocycles. The Morgan fingerprint density at radius 3 is 2.50 bits per heavy atom. The number of para-hydroxylation sites is 1. The van der Waals surface area contributed by atoms with Gasteiger partial charge in [0.2, 0.25) is 5.91 Å². The molecular formula is C20H24N2O2. The van der Waals surface area contributed by atoms with Crippen LogP contribution < -0.4 is 15.4 Å². The van der Waals surface area contributed by atoms with Gasteiger partial charge in [0.15, 0.2) is 0 Å². The standard InChI is InChI=1S/C20H24N2O2/c1-14-5-3-4-6-18(14)21-13-19(23)22-20(15-7-8-15)16-9-11-17(24-2)12-10-16/h3-6,9-12,15,20-21H,7-8,13H2,1-2H3,(H,22,23). The van der Waals surface area contributed by atoms with Gasteiger partial charge in [-0.25, -0.2) is 0 Å². The Hall–Kier alpha value is -2.49. The molecule has 3 rings (SSSR count). The summed E-state index contributed by atoms with van der Waals surface area (Å²) in [6.07, 6.45) is 2.34. The van der Waals surface area contributed by atoms with Crippen molar-refractivity contribution in [3.63, 3.8) is 0 Å². The van der Waals surface area contributed by atoms with Crippen molar-refractivity contribution in [2.75, 3.05) is 19.0 Å². The zero-order valence-electron chi connectivity index (χ0n) is 14.2. The van der Waals surface area contributed by atoms with Crippen molar-refractivity contribution in [3.05, 3.63) is 59.7 Å². The predicted octanol–water partition coefficient (Wildman–Crippen LogP) is 3.68. The van der Waals surface area contributed by atoms with Crippen LogP contribution in [0, 0.1) is 12.8 Å². The highest BCUT2D eigenvalue weighted by Gasteiger charge is 2.33. The quantitative estimate of drug-likeness (QED) is 0.817. The van der Waals surface area contributed by atoms with E-state index in [0.717, 1.165) is 22.6 Å². The van der Waals surface area contributed by atoms with Gasteiger partial charge in [-0.2, -0.15) is 0 Å². The van der Waals surface area contributed by atoms with Crippen molar-refractivity contribution >= 4 is 11.6 Å². The molecule has 0 spiro atoms. The van der Waals surface area contributed by atoms with Crippen LogP contribution in [0.1, 0.15) is 30.0 Å². The minimum Gasteiger partial charge on any atom is -0.497 e. The lowest BCUT2D eigenvalue weighted by molar-refractivity contribution is -0.120. The van der Waals surface area contributed by atoms with Crippen LogP contribution >= 0.6 is 0 Å². The molecule has 1 unspecified atom stereocenters. The third-order valence-corrected chi connectivity index (χ3v) is 4.47. The molecule has 4 nitrogen and oxygen atoms in total. The topological polar surface area (TPSA) is 50.4 Å². The van der Waals surface area contributed by atoms with E-state index in [1.165, 1.54) is 12.8 Å². The van der Waals surface area contributed by atoms with Crippen molar-refractivity contribution in [3.8, 4) is 5.75 Å². The second-order valence-electron chi connectivity index (χ2n) is 6.32. The summed E-state index contributed by atoms with van der Waals surface area (Å²) in [5.74, 6) is 1.40. The number of hydrogen-bond donors (Lipinski definition) is 2. The van der Waals surface area contributed by atoms with Gasteiger partial charge >= 0.3 is 0 Å². The lowest BCUT2D eigenvalue weighted by Crippen LogP contribution is -2.34. The summed E-state index contributed by atoms with van der Waals surface area (Å²) >= 11 is 0. The number of amides is 1. The summed E-state index contributed by atoms with van der Waals surface area (Å²) in [6, 6.07) is 16.0. The molecule has 1 saturated carbocycles. The highest BCUT2D eigenvalue weighted by Crippen LogP contribution is 2.41. The van der Waals surface area contributed by atoms with E-state index in [0.29, 0.717) is 5.92 Å². The monoisotopic (exact) mass is 324 g/mol. The summed E-state index contributed by atoms with van der Waals surface area (Å²) in [7, 11) is 1.66. The molecule has 1 aliphatic rings. The summed E-state index contributed by atoms with van der Waals surface area (Å²) in [5.41, 5.74) is 3.28. The van der Waals surface area contributed by atoms with Crippen LogP contribution in [-0.4, -0.2) is 19.6 Å². The van der Waals surface area contributed by atoms with Gasteiger partial charge < -0.3 is 15.4 Å². The SMILES string of the molecule is COc1ccc(C(NC(=O)CNc2ccccc2C)C2CC2)cc1. The lowest BCUT2D eigenvalue weighted by atomic mass is 10.0. The molecule has 0 heterocycles. The normalized spacial score (nSPS) is 14.8. The van der Waals surface area contributed by atoms with Crippen LogP contribution in [0.15, 0.2) is 48.5 Å². The van der Waals surface area contributed by atoms with Crippen LogP contribution in [0.2, 0.25) is 0 Å². The molecule has 24 heavy (non-hydrogen) atoms. The minimum absolute atomic E-state index is 0.0194. The van der Waals surface area contributed by atoms with Crippen molar-refractivity contribution in [2.45, 2.75) is 25.8 Å². The smallest absolute Gasteiger partial charge is 0.239 e. The van der Waals surface area contributed by atoms with E-state index >= 15 is 0 Å². The van der Waals surface area contributed by atoms with Gasteiger partial charge in [0, 0.05) is 5.69 Å². The molecule has 0 aromatic heterocycles. The number of hydrogen-bond acceptors (Lipinski definition) is 3. The average Bonchev–Trinajstić information content (AvgIpc) is 3.44. The Balaban J connectivity index is 1.61. The van der Waals surface area contributed by atoms with Gasteiger partial charge in [0.25, 0.3) is 0 Å². The number of rotatable bonds is 7. The molecule has 126 valence electrons. The summed E-state index contributed by atoms with van der Waals surface area (Å²) in [5, 5.41) is 6.40. The maximum Gasteiger partial charge on any atom is 0.239 e. The predicted molar refractivity (Wildman–Crippen MR) is 96.3 cm³/mol. The molecule has 0 saturated heterocycles. The third kappa shape index (κ3) is 4.07. The fourth-order valence-corrected chi connectivity index (χ4v) is 2.89. The summed E-state index contributed by atoms with van der Waals surface area (Å²) < 4.78 is 5.21. The number of anilines is 1. The third-order valence-electron chi connectivity index (χ3n) is 4.47. The molecule has 1 atom stereocenters. The van der Waals surface area contributed by atoms with Crippen LogP contribution in [0.25, 0.3) is 0 Å². The molecule has 2 aromatic rings. The lowest BCUT2D eigenvalue weighted by Gasteiger charge is -2.20. The van der Waals surface area contributed by atoms with E-state index in [2.05, 4.69) is 10.6 Å². The summed E-state index contributed by atoms with van der Waals surface area (Å²) in [6.45, 7) is 2.31. The summed E-state index contributed by atoms with van der Waals surface area (Å²) in [4.78, 5) is 12.4. The van der Waals surface area contributed by atoms with Crippen LogP contribution in [0.4, 0.5) is 5.69 Å². The molecule has 1 fully saturated rings. The molecule has 4 heteroatoms. The molecule has 1 amide bonds. The minimum atomic E-state index is 0.0194. The fraction of sp³-hybridized carbons (Fsp3) is 0.350. The van der Waals surface area contributed by atoms with Gasteiger partial charge in [-0.15, -0.1) is 0 Å². The van der Waals surface area contributed by atoms with Crippen molar-refractivity contribution in [2.24, 2.45) is 5.92 Å². The van der Waals surface area contributed by atoms with Crippen LogP contribution in [0.5, 0.6) is 5.75 Å². The Morgan fingerprint density at radius 2 is 1.88 bits per heavy atom. The average molecular weight is 324 g/mol. The van der Waals surface area contributed by atoms with Gasteiger partial charge in [-0.1, -0.05) is 30.3 Å². The van der Waals surface area contributed by atoms with Crippen LogP contribution in [-0.2, 0) is 4.79 Å². The first-order valence-electron chi connectivity index (χ1n) is 8.40. The zero-order valence-corrected chi connectivity index (χ0v) is 14.2. The molecule has 1 aliphatic carbocycles. The first kappa shape index (κ1) is 16.4. The van der Waals surface area contributed by atoms with Gasteiger partial charge in [0.05, 0.1) is 19.7 Å². The number of carbonyl (C=O) groups excluding carboxylic acids is 1. The highest BCUT2D eigenvalue weighted by molar-refractivity contribution is 5.81. The molecule has 0 aliphatic heterocycles. The maximum absolute atomic E-state index is 12.4. The molecule has 2 N–H and O–H groups in total. The fourth-order valence-electron chi connectivity index (χ4n) is 2.89. The van der Waals surface area contributed by atoms with E-state index in [1.54, 1.807) is 7.11 Å². The second kappa shape index (κ2) is 7.39. The molecule has 0 radical (unpaired) electrons. The molecule has 0 bridgehead atoms. The second-order valence-corrected chi connectivity index (χ2v) is 6.32. The number of benzene rings is 2. The number of carbonyl (C=O) groups is 1. The number of ether oxygens (including phenoxy) is 1.